The topological polar surface area (TPSA) is 79.5 Å². The van der Waals surface area contributed by atoms with Crippen LogP contribution in [-0.2, 0) is 9.53 Å². The first-order valence-corrected chi connectivity index (χ1v) is 9.74. The first kappa shape index (κ1) is 21.4. The van der Waals surface area contributed by atoms with Gasteiger partial charge in [-0.25, -0.2) is 4.79 Å². The lowest BCUT2D eigenvalue weighted by Crippen LogP contribution is -2.38. The van der Waals surface area contributed by atoms with Crippen LogP contribution in [0.25, 0.3) is 11.1 Å². The number of H-pyrrole nitrogens is 1. The molecule has 1 N–H and O–H groups in total. The van der Waals surface area contributed by atoms with E-state index in [-0.39, 0.29) is 12.3 Å². The van der Waals surface area contributed by atoms with E-state index in [0.29, 0.717) is 35.5 Å². The number of hydrogen-bond acceptors (Lipinski definition) is 4. The molecule has 1 aromatic carbocycles. The fraction of sp³-hybridized carbons (Fsp3) is 0.409. The molecule has 0 unspecified atom stereocenters. The molecular formula is C22H28N2O4. The zero-order valence-corrected chi connectivity index (χ0v) is 17.0. The predicted molar refractivity (Wildman–Crippen MR) is 108 cm³/mol. The minimum atomic E-state index is -0.639. The molecule has 0 atom stereocenters. The van der Waals surface area contributed by atoms with Gasteiger partial charge >= 0.3 is 5.97 Å². The minimum Gasteiger partial charge on any atom is -0.462 e. The minimum absolute atomic E-state index is 0.133. The van der Waals surface area contributed by atoms with Crippen molar-refractivity contribution in [3.63, 3.8) is 0 Å². The third-order valence-corrected chi connectivity index (χ3v) is 4.43. The van der Waals surface area contributed by atoms with Crippen molar-refractivity contribution >= 4 is 17.7 Å². The molecule has 6 nitrogen and oxygen atoms in total. The van der Waals surface area contributed by atoms with Crippen LogP contribution >= 0.6 is 0 Å². The molecule has 0 spiro atoms. The number of carbonyl (C=O) groups excluding carboxylic acids is 3. The second kappa shape index (κ2) is 9.88. The smallest absolute Gasteiger partial charge is 0.340 e. The summed E-state index contributed by atoms with van der Waals surface area (Å²) in [6.07, 6.45) is 1.53. The Morgan fingerprint density at radius 1 is 1.00 bits per heavy atom. The van der Waals surface area contributed by atoms with E-state index in [9.17, 15) is 14.4 Å². The van der Waals surface area contributed by atoms with Crippen molar-refractivity contribution in [2.75, 3.05) is 19.7 Å². The van der Waals surface area contributed by atoms with Crippen LogP contribution in [0.1, 0.15) is 60.2 Å². The third kappa shape index (κ3) is 4.50. The summed E-state index contributed by atoms with van der Waals surface area (Å²) in [5, 5.41) is 0. The third-order valence-electron chi connectivity index (χ3n) is 4.43. The molecule has 1 aromatic heterocycles. The molecule has 1 amide bonds. The molecule has 0 aliphatic heterocycles. The summed E-state index contributed by atoms with van der Waals surface area (Å²) >= 11 is 0. The molecule has 0 aliphatic carbocycles. The summed E-state index contributed by atoms with van der Waals surface area (Å²) in [4.78, 5) is 43.1. The molecule has 2 rings (SSSR count). The molecule has 0 aliphatic rings. The molecule has 0 saturated heterocycles. The number of Topliss-reactive ketones (excluding diaryl/α,β-unsaturated/α-hetero) is 1. The number of benzene rings is 1. The number of ketones is 1. The Balaban J connectivity index is 2.57. The van der Waals surface area contributed by atoms with E-state index in [1.807, 2.05) is 44.2 Å². The van der Waals surface area contributed by atoms with Gasteiger partial charge in [0, 0.05) is 24.3 Å². The van der Waals surface area contributed by atoms with E-state index in [1.165, 1.54) is 0 Å². The second-order valence-corrected chi connectivity index (χ2v) is 6.58. The van der Waals surface area contributed by atoms with Gasteiger partial charge in [-0.05, 0) is 32.3 Å². The first-order valence-electron chi connectivity index (χ1n) is 9.74. The number of esters is 1. The van der Waals surface area contributed by atoms with Crippen LogP contribution in [0, 0.1) is 6.92 Å². The maximum atomic E-state index is 13.1. The van der Waals surface area contributed by atoms with Crippen LogP contribution in [0.4, 0.5) is 0 Å². The van der Waals surface area contributed by atoms with Gasteiger partial charge in [0.15, 0.2) is 0 Å². The summed E-state index contributed by atoms with van der Waals surface area (Å²) in [5.41, 5.74) is 2.04. The Morgan fingerprint density at radius 2 is 1.61 bits per heavy atom. The average molecular weight is 384 g/mol. The summed E-state index contributed by atoms with van der Waals surface area (Å²) < 4.78 is 5.18. The zero-order valence-electron chi connectivity index (χ0n) is 17.0. The average Bonchev–Trinajstić information content (AvgIpc) is 3.04. The Morgan fingerprint density at radius 3 is 2.14 bits per heavy atom. The van der Waals surface area contributed by atoms with Gasteiger partial charge in [-0.15, -0.1) is 0 Å². The number of nitrogens with one attached hydrogen (secondary N) is 1. The molecule has 2 aromatic rings. The molecule has 0 saturated carbocycles. The fourth-order valence-electron chi connectivity index (χ4n) is 3.25. The Hall–Kier alpha value is -2.89. The van der Waals surface area contributed by atoms with Gasteiger partial charge in [0.25, 0.3) is 11.7 Å². The van der Waals surface area contributed by atoms with Crippen molar-refractivity contribution in [1.82, 2.24) is 9.88 Å². The van der Waals surface area contributed by atoms with Gasteiger partial charge in [0.1, 0.15) is 5.69 Å². The lowest BCUT2D eigenvalue weighted by Gasteiger charge is -2.20. The van der Waals surface area contributed by atoms with E-state index in [0.717, 1.165) is 12.8 Å². The summed E-state index contributed by atoms with van der Waals surface area (Å²) in [7, 11) is 0. The van der Waals surface area contributed by atoms with E-state index in [4.69, 9.17) is 4.74 Å². The molecule has 1 heterocycles. The van der Waals surface area contributed by atoms with E-state index < -0.39 is 17.7 Å². The van der Waals surface area contributed by atoms with Gasteiger partial charge in [-0.2, -0.15) is 0 Å². The number of rotatable bonds is 9. The maximum Gasteiger partial charge on any atom is 0.340 e. The van der Waals surface area contributed by atoms with Crippen LogP contribution in [0.2, 0.25) is 0 Å². The monoisotopic (exact) mass is 384 g/mol. The predicted octanol–water partition coefficient (Wildman–Crippen LogP) is 4.00. The number of aryl methyl sites for hydroxylation is 1. The van der Waals surface area contributed by atoms with E-state index >= 15 is 0 Å². The number of hydrogen-bond donors (Lipinski definition) is 1. The lowest BCUT2D eigenvalue weighted by molar-refractivity contribution is -0.126. The lowest BCUT2D eigenvalue weighted by atomic mass is 9.98. The fourth-order valence-corrected chi connectivity index (χ4v) is 3.25. The molecule has 150 valence electrons. The van der Waals surface area contributed by atoms with Crippen molar-refractivity contribution in [2.45, 2.75) is 40.5 Å². The van der Waals surface area contributed by atoms with E-state index in [1.54, 1.807) is 18.7 Å². The van der Waals surface area contributed by atoms with Crippen LogP contribution in [0.3, 0.4) is 0 Å². The highest BCUT2D eigenvalue weighted by atomic mass is 16.5. The zero-order chi connectivity index (χ0) is 20.7. The largest absolute Gasteiger partial charge is 0.462 e. The van der Waals surface area contributed by atoms with Crippen LogP contribution in [0.5, 0.6) is 0 Å². The van der Waals surface area contributed by atoms with Gasteiger partial charge in [0.2, 0.25) is 0 Å². The number of aromatic nitrogens is 1. The summed E-state index contributed by atoms with van der Waals surface area (Å²) in [6.45, 7) is 8.62. The Labute approximate surface area is 165 Å². The highest BCUT2D eigenvalue weighted by Gasteiger charge is 2.31. The Kier molecular flexibility index (Phi) is 7.55. The Bertz CT molecular complexity index is 834. The summed E-state index contributed by atoms with van der Waals surface area (Å²) in [6, 6.07) is 9.11. The molecule has 0 fully saturated rings. The second-order valence-electron chi connectivity index (χ2n) is 6.58. The molecule has 6 heteroatoms. The summed E-state index contributed by atoms with van der Waals surface area (Å²) in [5.74, 6) is -1.71. The molecule has 0 radical (unpaired) electrons. The van der Waals surface area contributed by atoms with Crippen LogP contribution in [-0.4, -0.2) is 47.2 Å². The van der Waals surface area contributed by atoms with E-state index in [2.05, 4.69) is 4.98 Å². The number of ether oxygens (including phenoxy) is 1. The number of amides is 1. The van der Waals surface area contributed by atoms with Crippen molar-refractivity contribution in [2.24, 2.45) is 0 Å². The van der Waals surface area contributed by atoms with Gasteiger partial charge in [0.05, 0.1) is 12.2 Å². The highest BCUT2D eigenvalue weighted by Crippen LogP contribution is 2.31. The number of nitrogens with zero attached hydrogens (tertiary/aromatic N) is 1. The van der Waals surface area contributed by atoms with Gasteiger partial charge in [-0.3, -0.25) is 9.59 Å². The van der Waals surface area contributed by atoms with Crippen LogP contribution in [0.15, 0.2) is 30.3 Å². The normalized spacial score (nSPS) is 10.6. The quantitative estimate of drug-likeness (QED) is 0.403. The highest BCUT2D eigenvalue weighted by molar-refractivity contribution is 6.43. The SMILES string of the molecule is CCCN(CCC)C(=O)C(=O)c1[nH]c(C)c(C(=O)OCC)c1-c1ccccc1. The number of carbonyl (C=O) groups is 3. The first-order chi connectivity index (χ1) is 13.5. The molecular weight excluding hydrogens is 356 g/mol. The molecule has 0 bridgehead atoms. The standard InChI is InChI=1S/C22H28N2O4/c1-5-13-24(14-6-2)21(26)20(25)19-18(16-11-9-8-10-12-16)17(15(4)23-19)22(27)28-7-3/h8-12,23H,5-7,13-14H2,1-4H3. The maximum absolute atomic E-state index is 13.1. The van der Waals surface area contributed by atoms with Crippen molar-refractivity contribution < 1.29 is 19.1 Å². The van der Waals surface area contributed by atoms with Crippen molar-refractivity contribution in [1.29, 1.82) is 0 Å². The number of aromatic amines is 1. The van der Waals surface area contributed by atoms with Crippen molar-refractivity contribution in [3.8, 4) is 11.1 Å². The van der Waals surface area contributed by atoms with Crippen molar-refractivity contribution in [3.05, 3.63) is 47.3 Å². The van der Waals surface area contributed by atoms with Gasteiger partial charge < -0.3 is 14.6 Å². The van der Waals surface area contributed by atoms with Gasteiger partial charge in [-0.1, -0.05) is 44.2 Å². The van der Waals surface area contributed by atoms with Crippen LogP contribution < -0.4 is 0 Å². The molecule has 28 heavy (non-hydrogen) atoms.